The van der Waals surface area contributed by atoms with Crippen molar-refractivity contribution < 1.29 is 13.9 Å². The summed E-state index contributed by atoms with van der Waals surface area (Å²) in [7, 11) is 0. The quantitative estimate of drug-likeness (QED) is 0.454. The molecule has 0 unspecified atom stereocenters. The normalized spacial score (nSPS) is 13.8. The second-order valence-corrected chi connectivity index (χ2v) is 5.89. The second kappa shape index (κ2) is 9.56. The van der Waals surface area contributed by atoms with Gasteiger partial charge in [0.2, 0.25) is 0 Å². The topological polar surface area (TPSA) is 68.0 Å². The Balaban J connectivity index is 1.64. The van der Waals surface area contributed by atoms with Crippen LogP contribution in [0.4, 0.5) is 0 Å². The molecule has 0 fully saturated rings. The molecule has 0 radical (unpaired) electrons. The van der Waals surface area contributed by atoms with E-state index in [1.807, 2.05) is 30.3 Å². The molecule has 2 aromatic rings. The number of nitrogens with zero attached hydrogens (tertiary/aromatic N) is 1. The van der Waals surface area contributed by atoms with Crippen LogP contribution in [0, 0.1) is 0 Å². The minimum atomic E-state index is 0.500. The van der Waals surface area contributed by atoms with E-state index in [2.05, 4.69) is 22.2 Å². The van der Waals surface area contributed by atoms with Gasteiger partial charge >= 0.3 is 0 Å². The van der Waals surface area contributed by atoms with E-state index in [4.69, 9.17) is 13.9 Å². The van der Waals surface area contributed by atoms with Crippen LogP contribution in [0.15, 0.2) is 58.7 Å². The molecule has 1 aromatic heterocycles. The number of para-hydroxylation sites is 1. The maximum Gasteiger partial charge on any atom is 0.191 e. The van der Waals surface area contributed by atoms with Gasteiger partial charge in [0.25, 0.3) is 0 Å². The Bertz CT molecular complexity index is 726. The van der Waals surface area contributed by atoms with Crippen molar-refractivity contribution in [2.45, 2.75) is 19.4 Å². The van der Waals surface area contributed by atoms with Gasteiger partial charge in [-0.1, -0.05) is 18.2 Å². The molecule has 6 nitrogen and oxygen atoms in total. The van der Waals surface area contributed by atoms with Gasteiger partial charge in [0.05, 0.1) is 26.0 Å². The lowest BCUT2D eigenvalue weighted by Gasteiger charge is -2.13. The van der Waals surface area contributed by atoms with Gasteiger partial charge in [-0.3, -0.25) is 0 Å². The average Bonchev–Trinajstić information content (AvgIpc) is 3.06. The van der Waals surface area contributed by atoms with Crippen LogP contribution in [0.1, 0.15) is 17.7 Å². The molecule has 0 bridgehead atoms. The highest BCUT2D eigenvalue weighted by atomic mass is 16.5. The number of rotatable bonds is 7. The van der Waals surface area contributed by atoms with E-state index in [1.54, 1.807) is 12.3 Å². The van der Waals surface area contributed by atoms with Crippen LogP contribution in [0.2, 0.25) is 0 Å². The highest BCUT2D eigenvalue weighted by molar-refractivity contribution is 5.80. The van der Waals surface area contributed by atoms with Crippen molar-refractivity contribution in [3.05, 3.63) is 60.6 Å². The summed E-state index contributed by atoms with van der Waals surface area (Å²) in [5.41, 5.74) is 1.01. The fourth-order valence-electron chi connectivity index (χ4n) is 2.64. The Labute approximate surface area is 153 Å². The molecule has 0 saturated heterocycles. The van der Waals surface area contributed by atoms with Crippen LogP contribution in [0.5, 0.6) is 11.5 Å². The van der Waals surface area contributed by atoms with E-state index in [0.29, 0.717) is 26.3 Å². The summed E-state index contributed by atoms with van der Waals surface area (Å²) in [5, 5.41) is 6.54. The van der Waals surface area contributed by atoms with Gasteiger partial charge in [-0.25, -0.2) is 4.99 Å². The first-order chi connectivity index (χ1) is 12.9. The SMILES string of the molecule is C=CCNC(=NCc1cccc2c1OCCCO2)NCCc1ccco1. The maximum absolute atomic E-state index is 5.86. The summed E-state index contributed by atoms with van der Waals surface area (Å²) < 4.78 is 17.0. The van der Waals surface area contributed by atoms with E-state index in [-0.39, 0.29) is 0 Å². The first kappa shape index (κ1) is 17.9. The fourth-order valence-corrected chi connectivity index (χ4v) is 2.64. The molecule has 6 heteroatoms. The van der Waals surface area contributed by atoms with Crippen molar-refractivity contribution in [3.63, 3.8) is 0 Å². The summed E-state index contributed by atoms with van der Waals surface area (Å²) in [5.74, 6) is 3.26. The predicted molar refractivity (Wildman–Crippen MR) is 102 cm³/mol. The number of guanidine groups is 1. The Hall–Kier alpha value is -2.89. The van der Waals surface area contributed by atoms with Gasteiger partial charge in [-0.15, -0.1) is 6.58 Å². The molecular formula is C20H25N3O3. The molecule has 0 amide bonds. The van der Waals surface area contributed by atoms with Gasteiger partial charge in [-0.05, 0) is 18.2 Å². The molecule has 138 valence electrons. The van der Waals surface area contributed by atoms with Crippen LogP contribution in [-0.2, 0) is 13.0 Å². The van der Waals surface area contributed by atoms with Crippen LogP contribution in [0.25, 0.3) is 0 Å². The number of nitrogens with one attached hydrogen (secondary N) is 2. The molecule has 0 spiro atoms. The first-order valence-electron chi connectivity index (χ1n) is 8.90. The number of hydrogen-bond donors (Lipinski definition) is 2. The smallest absolute Gasteiger partial charge is 0.191 e. The Morgan fingerprint density at radius 2 is 2.08 bits per heavy atom. The fraction of sp³-hybridized carbons (Fsp3) is 0.350. The summed E-state index contributed by atoms with van der Waals surface area (Å²) in [4.78, 5) is 4.67. The van der Waals surface area contributed by atoms with Crippen molar-refractivity contribution in [3.8, 4) is 11.5 Å². The lowest BCUT2D eigenvalue weighted by molar-refractivity contribution is 0.296. The predicted octanol–water partition coefficient (Wildman–Crippen LogP) is 2.90. The molecular weight excluding hydrogens is 330 g/mol. The number of furan rings is 1. The van der Waals surface area contributed by atoms with Crippen molar-refractivity contribution in [1.29, 1.82) is 0 Å². The minimum Gasteiger partial charge on any atom is -0.490 e. The van der Waals surface area contributed by atoms with Gasteiger partial charge in [0.1, 0.15) is 5.76 Å². The van der Waals surface area contributed by atoms with E-state index in [9.17, 15) is 0 Å². The number of fused-ring (bicyclic) bond motifs is 1. The number of hydrogen-bond acceptors (Lipinski definition) is 4. The van der Waals surface area contributed by atoms with Gasteiger partial charge in [-0.2, -0.15) is 0 Å². The standard InChI is InChI=1S/C20H25N3O3/c1-2-10-21-20(22-11-9-17-7-4-12-24-17)23-15-16-6-3-8-18-19(16)26-14-5-13-25-18/h2-4,6-8,12H,1,5,9-11,13-15H2,(H2,21,22,23). The Morgan fingerprint density at radius 3 is 2.92 bits per heavy atom. The monoisotopic (exact) mass is 355 g/mol. The zero-order chi connectivity index (χ0) is 18.0. The molecule has 1 aromatic carbocycles. The molecule has 1 aliphatic heterocycles. The minimum absolute atomic E-state index is 0.500. The zero-order valence-electron chi connectivity index (χ0n) is 14.9. The summed E-state index contributed by atoms with van der Waals surface area (Å²) in [6.45, 7) is 6.95. The lowest BCUT2D eigenvalue weighted by Crippen LogP contribution is -2.38. The van der Waals surface area contributed by atoms with Crippen LogP contribution in [0.3, 0.4) is 0 Å². The molecule has 2 heterocycles. The molecule has 1 aliphatic rings. The Kier molecular flexibility index (Phi) is 6.59. The van der Waals surface area contributed by atoms with Crippen LogP contribution in [-0.4, -0.2) is 32.3 Å². The molecule has 0 saturated carbocycles. The van der Waals surface area contributed by atoms with E-state index < -0.39 is 0 Å². The average molecular weight is 355 g/mol. The third kappa shape index (κ3) is 5.05. The van der Waals surface area contributed by atoms with E-state index >= 15 is 0 Å². The summed E-state index contributed by atoms with van der Waals surface area (Å²) in [6.07, 6.45) is 5.16. The zero-order valence-corrected chi connectivity index (χ0v) is 14.9. The largest absolute Gasteiger partial charge is 0.490 e. The molecule has 0 atom stereocenters. The first-order valence-corrected chi connectivity index (χ1v) is 8.90. The molecule has 0 aliphatic carbocycles. The van der Waals surface area contributed by atoms with Gasteiger partial charge in [0, 0.05) is 31.5 Å². The van der Waals surface area contributed by atoms with Gasteiger partial charge < -0.3 is 24.5 Å². The highest BCUT2D eigenvalue weighted by Crippen LogP contribution is 2.33. The van der Waals surface area contributed by atoms with Crippen molar-refractivity contribution in [1.82, 2.24) is 10.6 Å². The molecule has 26 heavy (non-hydrogen) atoms. The molecule has 2 N–H and O–H groups in total. The van der Waals surface area contributed by atoms with Gasteiger partial charge in [0.15, 0.2) is 17.5 Å². The summed E-state index contributed by atoms with van der Waals surface area (Å²) >= 11 is 0. The van der Waals surface area contributed by atoms with Crippen LogP contribution < -0.4 is 20.1 Å². The number of ether oxygens (including phenoxy) is 2. The van der Waals surface area contributed by atoms with Crippen molar-refractivity contribution >= 4 is 5.96 Å². The number of benzene rings is 1. The Morgan fingerprint density at radius 1 is 1.15 bits per heavy atom. The van der Waals surface area contributed by atoms with Crippen LogP contribution >= 0.6 is 0 Å². The third-order valence-corrected chi connectivity index (χ3v) is 3.92. The maximum atomic E-state index is 5.86. The van der Waals surface area contributed by atoms with Crippen molar-refractivity contribution in [2.75, 3.05) is 26.3 Å². The van der Waals surface area contributed by atoms with E-state index in [1.165, 1.54) is 0 Å². The highest BCUT2D eigenvalue weighted by Gasteiger charge is 2.14. The third-order valence-electron chi connectivity index (χ3n) is 3.92. The van der Waals surface area contributed by atoms with E-state index in [0.717, 1.165) is 48.2 Å². The molecule has 3 rings (SSSR count). The number of aliphatic imine (C=N–C) groups is 1. The van der Waals surface area contributed by atoms with Crippen molar-refractivity contribution in [2.24, 2.45) is 4.99 Å². The lowest BCUT2D eigenvalue weighted by atomic mass is 10.2. The summed E-state index contributed by atoms with van der Waals surface area (Å²) in [6, 6.07) is 9.78. The second-order valence-electron chi connectivity index (χ2n) is 5.89.